The molecular formula is C14H16ClNO3. The second-order valence-corrected chi connectivity index (χ2v) is 5.11. The van der Waals surface area contributed by atoms with Crippen LogP contribution in [0.4, 0.5) is 0 Å². The van der Waals surface area contributed by atoms with Gasteiger partial charge in [0, 0.05) is 18.0 Å². The van der Waals surface area contributed by atoms with Crippen molar-refractivity contribution in [2.45, 2.75) is 25.8 Å². The SMILES string of the molecule is CCCN1C(=O)CC(C(=O)O)C1c1ccccc1Cl. The molecule has 0 spiro atoms. The molecule has 1 N–H and O–H groups in total. The van der Waals surface area contributed by atoms with Gasteiger partial charge in [0.1, 0.15) is 0 Å². The maximum Gasteiger partial charge on any atom is 0.309 e. The molecule has 0 saturated carbocycles. The van der Waals surface area contributed by atoms with Crippen LogP contribution in [-0.2, 0) is 9.59 Å². The van der Waals surface area contributed by atoms with E-state index in [1.807, 2.05) is 13.0 Å². The first-order valence-electron chi connectivity index (χ1n) is 6.33. The van der Waals surface area contributed by atoms with E-state index >= 15 is 0 Å². The van der Waals surface area contributed by atoms with Gasteiger partial charge in [0.25, 0.3) is 0 Å². The van der Waals surface area contributed by atoms with Crippen LogP contribution in [0.1, 0.15) is 31.4 Å². The smallest absolute Gasteiger partial charge is 0.309 e. The van der Waals surface area contributed by atoms with Gasteiger partial charge in [-0.05, 0) is 18.1 Å². The second kappa shape index (κ2) is 5.61. The summed E-state index contributed by atoms with van der Waals surface area (Å²) >= 11 is 6.16. The summed E-state index contributed by atoms with van der Waals surface area (Å²) in [6, 6.07) is 6.67. The van der Waals surface area contributed by atoms with E-state index in [1.165, 1.54) is 0 Å². The summed E-state index contributed by atoms with van der Waals surface area (Å²) in [5.74, 6) is -1.78. The van der Waals surface area contributed by atoms with Crippen LogP contribution in [0.2, 0.25) is 5.02 Å². The molecule has 2 unspecified atom stereocenters. The fraction of sp³-hybridized carbons (Fsp3) is 0.429. The van der Waals surface area contributed by atoms with Gasteiger partial charge in [0.05, 0.1) is 12.0 Å². The van der Waals surface area contributed by atoms with Crippen LogP contribution in [-0.4, -0.2) is 28.4 Å². The molecule has 0 aromatic heterocycles. The maximum atomic E-state index is 12.0. The topological polar surface area (TPSA) is 57.6 Å². The number of carbonyl (C=O) groups is 2. The third kappa shape index (κ3) is 2.59. The Bertz CT molecular complexity index is 503. The quantitative estimate of drug-likeness (QED) is 0.923. The lowest BCUT2D eigenvalue weighted by Crippen LogP contribution is -2.31. The minimum atomic E-state index is -0.947. The first kappa shape index (κ1) is 13.9. The van der Waals surface area contributed by atoms with E-state index in [-0.39, 0.29) is 12.3 Å². The van der Waals surface area contributed by atoms with Crippen molar-refractivity contribution in [1.82, 2.24) is 4.90 Å². The Balaban J connectivity index is 2.44. The van der Waals surface area contributed by atoms with Crippen molar-refractivity contribution in [3.05, 3.63) is 34.9 Å². The summed E-state index contributed by atoms with van der Waals surface area (Å²) in [5, 5.41) is 9.83. The molecule has 1 aliphatic heterocycles. The highest BCUT2D eigenvalue weighted by Gasteiger charge is 2.44. The Morgan fingerprint density at radius 1 is 1.47 bits per heavy atom. The van der Waals surface area contributed by atoms with Gasteiger partial charge in [-0.15, -0.1) is 0 Å². The fourth-order valence-corrected chi connectivity index (χ4v) is 2.86. The molecule has 102 valence electrons. The molecule has 4 nitrogen and oxygen atoms in total. The molecular weight excluding hydrogens is 266 g/mol. The van der Waals surface area contributed by atoms with Crippen LogP contribution in [0.3, 0.4) is 0 Å². The Morgan fingerprint density at radius 3 is 2.74 bits per heavy atom. The Kier molecular flexibility index (Phi) is 4.10. The average Bonchev–Trinajstić information content (AvgIpc) is 2.69. The van der Waals surface area contributed by atoms with E-state index in [0.717, 1.165) is 12.0 Å². The highest BCUT2D eigenvalue weighted by atomic mass is 35.5. The van der Waals surface area contributed by atoms with Crippen molar-refractivity contribution >= 4 is 23.5 Å². The van der Waals surface area contributed by atoms with Crippen LogP contribution in [0.25, 0.3) is 0 Å². The number of benzene rings is 1. The maximum absolute atomic E-state index is 12.0. The van der Waals surface area contributed by atoms with Gasteiger partial charge < -0.3 is 10.0 Å². The van der Waals surface area contributed by atoms with E-state index in [4.69, 9.17) is 11.6 Å². The van der Waals surface area contributed by atoms with E-state index in [0.29, 0.717) is 11.6 Å². The summed E-state index contributed by atoms with van der Waals surface area (Å²) in [7, 11) is 0. The van der Waals surface area contributed by atoms with Gasteiger partial charge in [0.15, 0.2) is 0 Å². The van der Waals surface area contributed by atoms with Gasteiger partial charge in [-0.1, -0.05) is 36.7 Å². The number of likely N-dealkylation sites (tertiary alicyclic amines) is 1. The number of halogens is 1. The first-order chi connectivity index (χ1) is 9.06. The molecule has 2 rings (SSSR count). The zero-order chi connectivity index (χ0) is 14.0. The molecule has 2 atom stereocenters. The van der Waals surface area contributed by atoms with Crippen LogP contribution < -0.4 is 0 Å². The number of carboxylic acids is 1. The lowest BCUT2D eigenvalue weighted by atomic mass is 9.93. The number of carboxylic acid groups (broad SMARTS) is 1. The minimum Gasteiger partial charge on any atom is -0.481 e. The molecule has 0 aliphatic carbocycles. The number of carbonyl (C=O) groups excluding carboxylic acids is 1. The van der Waals surface area contributed by atoms with Crippen LogP contribution in [0.15, 0.2) is 24.3 Å². The number of hydrogen-bond donors (Lipinski definition) is 1. The highest BCUT2D eigenvalue weighted by Crippen LogP contribution is 2.40. The minimum absolute atomic E-state index is 0.0468. The Labute approximate surface area is 117 Å². The zero-order valence-corrected chi connectivity index (χ0v) is 11.4. The molecule has 1 heterocycles. The molecule has 1 saturated heterocycles. The second-order valence-electron chi connectivity index (χ2n) is 4.70. The third-order valence-electron chi connectivity index (χ3n) is 3.44. The van der Waals surface area contributed by atoms with E-state index in [9.17, 15) is 14.7 Å². The summed E-state index contributed by atoms with van der Waals surface area (Å²) in [6.07, 6.45) is 0.838. The van der Waals surface area contributed by atoms with Crippen LogP contribution >= 0.6 is 11.6 Å². The third-order valence-corrected chi connectivity index (χ3v) is 3.78. The molecule has 0 radical (unpaired) electrons. The van der Waals surface area contributed by atoms with Crippen molar-refractivity contribution in [3.63, 3.8) is 0 Å². The largest absolute Gasteiger partial charge is 0.481 e. The van der Waals surface area contributed by atoms with Crippen molar-refractivity contribution in [1.29, 1.82) is 0 Å². The number of amides is 1. The van der Waals surface area contributed by atoms with Crippen molar-refractivity contribution in [2.24, 2.45) is 5.92 Å². The molecule has 0 bridgehead atoms. The van der Waals surface area contributed by atoms with Gasteiger partial charge >= 0.3 is 5.97 Å². The standard InChI is InChI=1S/C14H16ClNO3/c1-2-7-16-12(17)8-10(14(18)19)13(16)9-5-3-4-6-11(9)15/h3-6,10,13H,2,7-8H2,1H3,(H,18,19). The highest BCUT2D eigenvalue weighted by molar-refractivity contribution is 6.31. The molecule has 1 aliphatic rings. The van der Waals surface area contributed by atoms with E-state index in [2.05, 4.69) is 0 Å². The summed E-state index contributed by atoms with van der Waals surface area (Å²) < 4.78 is 0. The lowest BCUT2D eigenvalue weighted by Gasteiger charge is -2.27. The van der Waals surface area contributed by atoms with Crippen molar-refractivity contribution in [2.75, 3.05) is 6.54 Å². The average molecular weight is 282 g/mol. The van der Waals surface area contributed by atoms with Gasteiger partial charge in [0.2, 0.25) is 5.91 Å². The Hall–Kier alpha value is -1.55. The normalized spacial score (nSPS) is 22.8. The fourth-order valence-electron chi connectivity index (χ4n) is 2.62. The molecule has 1 aromatic carbocycles. The van der Waals surface area contributed by atoms with Crippen molar-refractivity contribution < 1.29 is 14.7 Å². The van der Waals surface area contributed by atoms with Crippen LogP contribution in [0.5, 0.6) is 0 Å². The van der Waals surface area contributed by atoms with Gasteiger partial charge in [-0.3, -0.25) is 9.59 Å². The van der Waals surface area contributed by atoms with E-state index < -0.39 is 17.9 Å². The molecule has 1 aromatic rings. The summed E-state index contributed by atoms with van der Waals surface area (Å²) in [5.41, 5.74) is 0.718. The number of hydrogen-bond acceptors (Lipinski definition) is 2. The van der Waals surface area contributed by atoms with Crippen molar-refractivity contribution in [3.8, 4) is 0 Å². The van der Waals surface area contributed by atoms with Crippen LogP contribution in [0, 0.1) is 5.92 Å². The first-order valence-corrected chi connectivity index (χ1v) is 6.70. The predicted octanol–water partition coefficient (Wildman–Crippen LogP) is 2.72. The summed E-state index contributed by atoms with van der Waals surface area (Å²) in [4.78, 5) is 25.0. The molecule has 1 fully saturated rings. The lowest BCUT2D eigenvalue weighted by molar-refractivity contribution is -0.142. The summed E-state index contributed by atoms with van der Waals surface area (Å²) in [6.45, 7) is 2.52. The molecule has 5 heteroatoms. The van der Waals surface area contributed by atoms with Gasteiger partial charge in [-0.25, -0.2) is 0 Å². The number of aliphatic carboxylic acids is 1. The predicted molar refractivity (Wildman–Crippen MR) is 71.9 cm³/mol. The van der Waals surface area contributed by atoms with E-state index in [1.54, 1.807) is 23.1 Å². The number of nitrogens with zero attached hydrogens (tertiary/aromatic N) is 1. The monoisotopic (exact) mass is 281 g/mol. The zero-order valence-electron chi connectivity index (χ0n) is 10.7. The Morgan fingerprint density at radius 2 is 2.16 bits per heavy atom. The number of rotatable bonds is 4. The molecule has 19 heavy (non-hydrogen) atoms. The van der Waals surface area contributed by atoms with Gasteiger partial charge in [-0.2, -0.15) is 0 Å². The molecule has 1 amide bonds.